The molecule has 2 rings (SSSR count). The van der Waals surface area contributed by atoms with Crippen LogP contribution in [-0.2, 0) is 0 Å². The molecule has 0 saturated heterocycles. The number of benzene rings is 1. The second-order valence-corrected chi connectivity index (χ2v) is 5.32. The highest BCUT2D eigenvalue weighted by Crippen LogP contribution is 2.39. The normalized spacial score (nSPS) is 23.1. The van der Waals surface area contributed by atoms with E-state index >= 15 is 0 Å². The molecular weight excluding hydrogens is 273 g/mol. The predicted octanol–water partition coefficient (Wildman–Crippen LogP) is 3.49. The summed E-state index contributed by atoms with van der Waals surface area (Å²) in [5.74, 6) is 0. The van der Waals surface area contributed by atoms with Gasteiger partial charge in [0.2, 0.25) is 0 Å². The average molecular weight is 288 g/mol. The Bertz CT molecular complexity index is 444. The van der Waals surface area contributed by atoms with Gasteiger partial charge in [-0.3, -0.25) is 5.01 Å². The van der Waals surface area contributed by atoms with Crippen molar-refractivity contribution in [1.29, 1.82) is 0 Å². The molecule has 2 atom stereocenters. The summed E-state index contributed by atoms with van der Waals surface area (Å²) in [4.78, 5) is 0. The van der Waals surface area contributed by atoms with Crippen LogP contribution < -0.4 is 0 Å². The number of aliphatic hydroxyl groups is 1. The number of aliphatic hydroxyl groups excluding tert-OH is 1. The zero-order chi connectivity index (χ0) is 13.3. The van der Waals surface area contributed by atoms with E-state index < -0.39 is 0 Å². The van der Waals surface area contributed by atoms with E-state index in [1.807, 2.05) is 13.8 Å². The molecule has 1 aromatic carbocycles. The fourth-order valence-electron chi connectivity index (χ4n) is 2.12. The Morgan fingerprint density at radius 3 is 2.44 bits per heavy atom. The van der Waals surface area contributed by atoms with E-state index in [0.29, 0.717) is 10.0 Å². The van der Waals surface area contributed by atoms with Crippen LogP contribution in [0.5, 0.6) is 0 Å². The van der Waals surface area contributed by atoms with E-state index in [-0.39, 0.29) is 24.7 Å². The van der Waals surface area contributed by atoms with Gasteiger partial charge < -0.3 is 5.11 Å². The van der Waals surface area contributed by atoms with E-state index in [1.54, 1.807) is 23.2 Å². The number of rotatable bonds is 3. The minimum absolute atomic E-state index is 0.0442. The minimum Gasteiger partial charge on any atom is -0.394 e. The Labute approximate surface area is 116 Å². The molecular formula is C12H15Cl2N3O. The predicted molar refractivity (Wildman–Crippen MR) is 71.9 cm³/mol. The maximum atomic E-state index is 9.55. The largest absolute Gasteiger partial charge is 0.394 e. The van der Waals surface area contributed by atoms with Gasteiger partial charge in [0.1, 0.15) is 12.1 Å². The van der Waals surface area contributed by atoms with E-state index in [2.05, 4.69) is 10.3 Å². The molecule has 0 amide bonds. The number of halogens is 2. The molecule has 1 aliphatic heterocycles. The van der Waals surface area contributed by atoms with Crippen LogP contribution >= 0.6 is 23.2 Å². The first-order valence-electron chi connectivity index (χ1n) is 5.80. The van der Waals surface area contributed by atoms with E-state index in [9.17, 15) is 5.11 Å². The molecule has 0 spiro atoms. The summed E-state index contributed by atoms with van der Waals surface area (Å²) in [7, 11) is 0. The number of hydrogen-bond donors (Lipinski definition) is 1. The van der Waals surface area contributed by atoms with Gasteiger partial charge in [-0.2, -0.15) is 5.11 Å². The molecule has 0 saturated carbocycles. The lowest BCUT2D eigenvalue weighted by atomic mass is 10.00. The molecule has 4 nitrogen and oxygen atoms in total. The third kappa shape index (κ3) is 2.32. The van der Waals surface area contributed by atoms with Gasteiger partial charge in [-0.15, -0.1) is 0 Å². The summed E-state index contributed by atoms with van der Waals surface area (Å²) in [6.45, 7) is 3.95. The molecule has 1 aromatic rings. The Morgan fingerprint density at radius 2 is 1.94 bits per heavy atom. The SMILES string of the molecule is CC(C)N1N=NC(c2c(Cl)cccc2Cl)C1CO. The molecule has 1 heterocycles. The number of nitrogens with zero attached hydrogens (tertiary/aromatic N) is 3. The zero-order valence-electron chi connectivity index (χ0n) is 10.2. The van der Waals surface area contributed by atoms with Crippen LogP contribution in [0.15, 0.2) is 28.5 Å². The Balaban J connectivity index is 2.37. The maximum absolute atomic E-state index is 9.55. The van der Waals surface area contributed by atoms with Crippen LogP contribution in [-0.4, -0.2) is 28.8 Å². The van der Waals surface area contributed by atoms with Crippen molar-refractivity contribution in [2.45, 2.75) is 32.0 Å². The van der Waals surface area contributed by atoms with Crippen molar-refractivity contribution in [2.75, 3.05) is 6.61 Å². The lowest BCUT2D eigenvalue weighted by Gasteiger charge is -2.27. The molecule has 0 fully saturated rings. The molecule has 18 heavy (non-hydrogen) atoms. The lowest BCUT2D eigenvalue weighted by molar-refractivity contribution is 0.109. The smallest absolute Gasteiger partial charge is 0.125 e. The van der Waals surface area contributed by atoms with Gasteiger partial charge in [0.05, 0.1) is 6.61 Å². The van der Waals surface area contributed by atoms with E-state index in [4.69, 9.17) is 23.2 Å². The first-order chi connectivity index (χ1) is 8.56. The zero-order valence-corrected chi connectivity index (χ0v) is 11.7. The minimum atomic E-state index is -0.321. The summed E-state index contributed by atoms with van der Waals surface area (Å²) in [5.41, 5.74) is 0.729. The van der Waals surface area contributed by atoms with Crippen LogP contribution in [0.2, 0.25) is 10.0 Å². The standard InChI is InChI=1S/C12H15Cl2N3O/c1-7(2)17-10(6-18)12(15-16-17)11-8(13)4-3-5-9(11)14/h3-5,7,10,12,18H,6H2,1-2H3. The third-order valence-corrected chi connectivity index (χ3v) is 3.65. The van der Waals surface area contributed by atoms with Crippen molar-refractivity contribution in [3.63, 3.8) is 0 Å². The van der Waals surface area contributed by atoms with Crippen LogP contribution in [0.3, 0.4) is 0 Å². The van der Waals surface area contributed by atoms with Gasteiger partial charge in [-0.05, 0) is 26.0 Å². The van der Waals surface area contributed by atoms with Gasteiger partial charge in [0.15, 0.2) is 0 Å². The Morgan fingerprint density at radius 1 is 1.33 bits per heavy atom. The summed E-state index contributed by atoms with van der Waals surface area (Å²) in [6, 6.07) is 4.95. The molecule has 0 radical (unpaired) electrons. The first-order valence-corrected chi connectivity index (χ1v) is 6.55. The van der Waals surface area contributed by atoms with Gasteiger partial charge in [0, 0.05) is 21.7 Å². The molecule has 0 bridgehead atoms. The summed E-state index contributed by atoms with van der Waals surface area (Å²) < 4.78 is 0. The molecule has 1 N–H and O–H groups in total. The summed E-state index contributed by atoms with van der Waals surface area (Å²) >= 11 is 12.3. The van der Waals surface area contributed by atoms with Crippen LogP contribution in [0.1, 0.15) is 25.5 Å². The molecule has 2 unspecified atom stereocenters. The highest BCUT2D eigenvalue weighted by atomic mass is 35.5. The van der Waals surface area contributed by atoms with E-state index in [1.165, 1.54) is 0 Å². The Kier molecular flexibility index (Phi) is 4.10. The second kappa shape index (κ2) is 5.43. The molecule has 0 aliphatic carbocycles. The van der Waals surface area contributed by atoms with E-state index in [0.717, 1.165) is 5.56 Å². The van der Waals surface area contributed by atoms with Crippen LogP contribution in [0, 0.1) is 0 Å². The summed E-state index contributed by atoms with van der Waals surface area (Å²) in [6.07, 6.45) is 0. The van der Waals surface area contributed by atoms with Crippen molar-refractivity contribution < 1.29 is 5.11 Å². The molecule has 1 aliphatic rings. The summed E-state index contributed by atoms with van der Waals surface area (Å²) in [5, 5.41) is 20.7. The first kappa shape index (κ1) is 13.6. The molecule has 98 valence electrons. The lowest BCUT2D eigenvalue weighted by Crippen LogP contribution is -2.38. The van der Waals surface area contributed by atoms with Gasteiger partial charge >= 0.3 is 0 Å². The second-order valence-electron chi connectivity index (χ2n) is 4.51. The van der Waals surface area contributed by atoms with Crippen molar-refractivity contribution in [3.05, 3.63) is 33.8 Å². The Hall–Kier alpha value is -0.840. The molecule has 6 heteroatoms. The van der Waals surface area contributed by atoms with Crippen LogP contribution in [0.4, 0.5) is 0 Å². The number of hydrogen-bond acceptors (Lipinski definition) is 4. The van der Waals surface area contributed by atoms with Crippen molar-refractivity contribution in [3.8, 4) is 0 Å². The fraction of sp³-hybridized carbons (Fsp3) is 0.500. The maximum Gasteiger partial charge on any atom is 0.125 e. The average Bonchev–Trinajstić information content (AvgIpc) is 2.72. The van der Waals surface area contributed by atoms with Gasteiger partial charge in [-0.25, -0.2) is 0 Å². The van der Waals surface area contributed by atoms with Crippen molar-refractivity contribution >= 4 is 23.2 Å². The third-order valence-electron chi connectivity index (χ3n) is 3.00. The van der Waals surface area contributed by atoms with Gasteiger partial charge in [-0.1, -0.05) is 34.5 Å². The monoisotopic (exact) mass is 287 g/mol. The van der Waals surface area contributed by atoms with Crippen molar-refractivity contribution in [2.24, 2.45) is 10.3 Å². The van der Waals surface area contributed by atoms with Gasteiger partial charge in [0.25, 0.3) is 0 Å². The molecule has 0 aromatic heterocycles. The van der Waals surface area contributed by atoms with Crippen molar-refractivity contribution in [1.82, 2.24) is 5.01 Å². The van der Waals surface area contributed by atoms with Crippen LogP contribution in [0.25, 0.3) is 0 Å². The fourth-order valence-corrected chi connectivity index (χ4v) is 2.74. The quantitative estimate of drug-likeness (QED) is 0.925. The highest BCUT2D eigenvalue weighted by Gasteiger charge is 2.36. The highest BCUT2D eigenvalue weighted by molar-refractivity contribution is 6.36. The topological polar surface area (TPSA) is 48.2 Å².